The molecular weight excluding hydrogens is 450 g/mol. The van der Waals surface area contributed by atoms with Gasteiger partial charge < -0.3 is 20.3 Å². The fraction of sp³-hybridized carbons (Fsp3) is 0.250. The summed E-state index contributed by atoms with van der Waals surface area (Å²) in [7, 11) is 0. The minimum atomic E-state index is -1.03. The van der Waals surface area contributed by atoms with E-state index in [1.807, 2.05) is 4.90 Å². The van der Waals surface area contributed by atoms with Gasteiger partial charge in [0.2, 0.25) is 5.82 Å². The van der Waals surface area contributed by atoms with E-state index in [1.165, 1.54) is 12.1 Å². The fourth-order valence-electron chi connectivity index (χ4n) is 4.14. The summed E-state index contributed by atoms with van der Waals surface area (Å²) in [6.45, 7) is 4.65. The van der Waals surface area contributed by atoms with Gasteiger partial charge in [-0.3, -0.25) is 0 Å². The number of benzene rings is 2. The van der Waals surface area contributed by atoms with Gasteiger partial charge in [0.15, 0.2) is 17.4 Å². The van der Waals surface area contributed by atoms with E-state index in [-0.39, 0.29) is 22.6 Å². The van der Waals surface area contributed by atoms with Crippen LogP contribution in [0.5, 0.6) is 11.6 Å². The lowest BCUT2D eigenvalue weighted by atomic mass is 10.1. The Labute approximate surface area is 193 Å². The van der Waals surface area contributed by atoms with Crippen LogP contribution < -0.4 is 20.3 Å². The second kappa shape index (κ2) is 8.94. The largest absolute Gasteiger partial charge is 0.433 e. The van der Waals surface area contributed by atoms with Gasteiger partial charge in [-0.1, -0.05) is 11.6 Å². The summed E-state index contributed by atoms with van der Waals surface area (Å²) in [6.07, 6.45) is 2.85. The Morgan fingerprint density at radius 2 is 1.79 bits per heavy atom. The Hall–Kier alpha value is -3.66. The molecule has 0 atom stereocenters. The van der Waals surface area contributed by atoms with Crippen LogP contribution in [0.3, 0.4) is 0 Å². The van der Waals surface area contributed by atoms with Gasteiger partial charge in [-0.15, -0.1) is 0 Å². The van der Waals surface area contributed by atoms with Crippen LogP contribution in [0, 0.1) is 23.3 Å². The number of aromatic nitrogens is 2. The molecule has 2 heterocycles. The first kappa shape index (κ1) is 22.1. The molecule has 2 N–H and O–H groups in total. The second-order valence-electron chi connectivity index (χ2n) is 8.20. The molecule has 0 spiro atoms. The molecule has 0 unspecified atom stereocenters. The third-order valence-corrected chi connectivity index (χ3v) is 5.80. The number of rotatable bonds is 5. The molecule has 0 amide bonds. The zero-order valence-electron chi connectivity index (χ0n) is 18.3. The summed E-state index contributed by atoms with van der Waals surface area (Å²) in [5.74, 6) is -4.31. The number of hydrogen-bond acceptors (Lipinski definition) is 6. The van der Waals surface area contributed by atoms with Gasteiger partial charge in [-0.25, -0.2) is 18.2 Å². The number of nitrogens with one attached hydrogen (secondary N) is 2. The molecule has 1 aliphatic heterocycles. The van der Waals surface area contributed by atoms with Crippen molar-refractivity contribution in [2.75, 3.05) is 36.4 Å². The van der Waals surface area contributed by atoms with Crippen molar-refractivity contribution in [2.24, 2.45) is 0 Å². The Kier molecular flexibility index (Phi) is 5.82. The summed E-state index contributed by atoms with van der Waals surface area (Å²) < 4.78 is 64.3. The molecule has 1 saturated heterocycles. The molecule has 0 bridgehead atoms. The summed E-state index contributed by atoms with van der Waals surface area (Å²) >= 11 is 0. The molecule has 6 nitrogen and oxygen atoms in total. The Bertz CT molecular complexity index is 1290. The van der Waals surface area contributed by atoms with Crippen molar-refractivity contribution < 1.29 is 22.3 Å². The lowest BCUT2D eigenvalue weighted by Gasteiger charge is -2.29. The Morgan fingerprint density at radius 3 is 2.56 bits per heavy atom. The summed E-state index contributed by atoms with van der Waals surface area (Å²) in [5, 5.41) is 5.89. The second-order valence-corrected chi connectivity index (χ2v) is 8.20. The number of halogens is 4. The average Bonchev–Trinajstić information content (AvgIpc) is 3.23. The SMILES string of the molecule is CC1=Cc2c(F)c(Oc3ncnc(Nc4ccc(N5CCNCC5)c(F)c4)c3F)cc(F)c2C1. The summed E-state index contributed by atoms with van der Waals surface area (Å²) in [5.41, 5.74) is 1.84. The first-order chi connectivity index (χ1) is 16.4. The minimum Gasteiger partial charge on any atom is -0.433 e. The van der Waals surface area contributed by atoms with Crippen LogP contribution in [0.4, 0.5) is 34.8 Å². The van der Waals surface area contributed by atoms with Crippen molar-refractivity contribution >= 4 is 23.3 Å². The van der Waals surface area contributed by atoms with Crippen LogP contribution in [0.1, 0.15) is 18.1 Å². The van der Waals surface area contributed by atoms with Gasteiger partial charge in [0, 0.05) is 49.1 Å². The van der Waals surface area contributed by atoms with Crippen LogP contribution in [0.15, 0.2) is 36.2 Å². The number of nitrogens with zero attached hydrogens (tertiary/aromatic N) is 3. The average molecular weight is 471 g/mol. The van der Waals surface area contributed by atoms with Crippen LogP contribution in [0.2, 0.25) is 0 Å². The zero-order chi connectivity index (χ0) is 23.8. The van der Waals surface area contributed by atoms with Crippen molar-refractivity contribution in [3.8, 4) is 11.6 Å². The summed E-state index contributed by atoms with van der Waals surface area (Å²) in [6, 6.07) is 5.33. The number of ether oxygens (including phenoxy) is 1. The van der Waals surface area contributed by atoms with Crippen LogP contribution in [-0.2, 0) is 6.42 Å². The van der Waals surface area contributed by atoms with E-state index >= 15 is 4.39 Å². The molecule has 0 radical (unpaired) electrons. The van der Waals surface area contributed by atoms with E-state index in [0.717, 1.165) is 31.1 Å². The van der Waals surface area contributed by atoms with E-state index < -0.39 is 34.9 Å². The molecule has 2 aromatic carbocycles. The molecule has 34 heavy (non-hydrogen) atoms. The highest BCUT2D eigenvalue weighted by Crippen LogP contribution is 2.37. The lowest BCUT2D eigenvalue weighted by molar-refractivity contribution is 0.393. The molecule has 1 fully saturated rings. The molecule has 2 aliphatic rings. The fourth-order valence-corrected chi connectivity index (χ4v) is 4.14. The predicted octanol–water partition coefficient (Wildman–Crippen LogP) is 4.94. The monoisotopic (exact) mass is 471 g/mol. The normalized spacial score (nSPS) is 15.2. The number of hydrogen-bond donors (Lipinski definition) is 2. The molecule has 176 valence electrons. The molecular formula is C24H21F4N5O. The highest BCUT2D eigenvalue weighted by Gasteiger charge is 2.24. The van der Waals surface area contributed by atoms with Crippen molar-refractivity contribution in [3.63, 3.8) is 0 Å². The Balaban J connectivity index is 1.38. The van der Waals surface area contributed by atoms with Gasteiger partial charge in [0.05, 0.1) is 5.69 Å². The quantitative estimate of drug-likeness (QED) is 0.514. The first-order valence-electron chi connectivity index (χ1n) is 10.8. The van der Waals surface area contributed by atoms with Crippen molar-refractivity contribution in [1.82, 2.24) is 15.3 Å². The standard InChI is InChI=1S/C24H21F4N5O/c1-13-8-15-16(9-13)21(27)20(11-17(15)25)34-24-22(28)23(30-12-31-24)32-14-2-3-19(18(26)10-14)33-6-4-29-5-7-33/h2-3,9-12,29H,4-8H2,1H3,(H,30,31,32). The maximum Gasteiger partial charge on any atom is 0.261 e. The van der Waals surface area contributed by atoms with Gasteiger partial charge in [-0.05, 0) is 31.5 Å². The highest BCUT2D eigenvalue weighted by atomic mass is 19.1. The van der Waals surface area contributed by atoms with Gasteiger partial charge in [0.1, 0.15) is 18.0 Å². The number of fused-ring (bicyclic) bond motifs is 1. The van der Waals surface area contributed by atoms with E-state index in [0.29, 0.717) is 25.2 Å². The van der Waals surface area contributed by atoms with E-state index in [1.54, 1.807) is 19.1 Å². The summed E-state index contributed by atoms with van der Waals surface area (Å²) in [4.78, 5) is 9.46. The zero-order valence-corrected chi connectivity index (χ0v) is 18.3. The van der Waals surface area contributed by atoms with Crippen LogP contribution >= 0.6 is 0 Å². The van der Waals surface area contributed by atoms with Gasteiger partial charge >= 0.3 is 0 Å². The molecule has 10 heteroatoms. The number of allylic oxidation sites excluding steroid dienone is 1. The topological polar surface area (TPSA) is 62.3 Å². The van der Waals surface area contributed by atoms with Crippen molar-refractivity contribution in [3.05, 3.63) is 70.6 Å². The smallest absolute Gasteiger partial charge is 0.261 e. The Morgan fingerprint density at radius 1 is 1.00 bits per heavy atom. The third kappa shape index (κ3) is 4.16. The van der Waals surface area contributed by atoms with Crippen molar-refractivity contribution in [2.45, 2.75) is 13.3 Å². The third-order valence-electron chi connectivity index (χ3n) is 5.80. The van der Waals surface area contributed by atoms with Gasteiger partial charge in [-0.2, -0.15) is 9.37 Å². The van der Waals surface area contributed by atoms with Crippen LogP contribution in [-0.4, -0.2) is 36.1 Å². The molecule has 5 rings (SSSR count). The van der Waals surface area contributed by atoms with Crippen molar-refractivity contribution in [1.29, 1.82) is 0 Å². The molecule has 0 saturated carbocycles. The van der Waals surface area contributed by atoms with E-state index in [2.05, 4.69) is 20.6 Å². The maximum absolute atomic E-state index is 15.0. The lowest BCUT2D eigenvalue weighted by Crippen LogP contribution is -2.43. The first-order valence-corrected chi connectivity index (χ1v) is 10.8. The van der Waals surface area contributed by atoms with E-state index in [4.69, 9.17) is 4.74 Å². The number of piperazine rings is 1. The van der Waals surface area contributed by atoms with Crippen LogP contribution in [0.25, 0.3) is 6.08 Å². The molecule has 1 aliphatic carbocycles. The number of anilines is 3. The minimum absolute atomic E-state index is 0.0837. The predicted molar refractivity (Wildman–Crippen MR) is 121 cm³/mol. The molecule has 1 aromatic heterocycles. The van der Waals surface area contributed by atoms with E-state index in [9.17, 15) is 13.2 Å². The van der Waals surface area contributed by atoms with Gasteiger partial charge in [0.25, 0.3) is 5.88 Å². The molecule has 3 aromatic rings. The maximum atomic E-state index is 15.0. The highest BCUT2D eigenvalue weighted by molar-refractivity contribution is 5.66.